The molecular formula is C6H10ClNO2S. The molecule has 0 atom stereocenters. The van der Waals surface area contributed by atoms with Crippen LogP contribution in [0, 0.1) is 0 Å². The average molecular weight is 196 g/mol. The van der Waals surface area contributed by atoms with Crippen LogP contribution in [0.15, 0.2) is 22.1 Å². The van der Waals surface area contributed by atoms with Gasteiger partial charge in [-0.25, -0.2) is 5.14 Å². The van der Waals surface area contributed by atoms with Gasteiger partial charge in [0.1, 0.15) is 0 Å². The quantitative estimate of drug-likeness (QED) is 0.602. The van der Waals surface area contributed by atoms with Crippen molar-refractivity contribution in [3.8, 4) is 0 Å². The third-order valence-electron chi connectivity index (χ3n) is 1.41. The van der Waals surface area contributed by atoms with E-state index in [-0.39, 0.29) is 0 Å². The lowest BCUT2D eigenvalue weighted by molar-refractivity contribution is 0.495. The number of allylic oxidation sites excluding steroid dienone is 4. The minimum Gasteiger partial charge on any atom is -0.282 e. The van der Waals surface area contributed by atoms with Crippen LogP contribution in [0.25, 0.3) is 0 Å². The maximum atomic E-state index is 9.02. The molecule has 0 heterocycles. The van der Waals surface area contributed by atoms with Crippen LogP contribution in [0.4, 0.5) is 0 Å². The van der Waals surface area contributed by atoms with E-state index in [4.69, 9.17) is 25.8 Å². The Balaban J connectivity index is 2.82. The summed E-state index contributed by atoms with van der Waals surface area (Å²) in [4.78, 5) is 0.435. The van der Waals surface area contributed by atoms with Gasteiger partial charge in [0.25, 0.3) is 0 Å². The maximum absolute atomic E-state index is 9.02. The van der Waals surface area contributed by atoms with Gasteiger partial charge < -0.3 is 0 Å². The minimum absolute atomic E-state index is 0.435. The van der Waals surface area contributed by atoms with Crippen molar-refractivity contribution in [2.45, 2.75) is 12.8 Å². The Labute approximate surface area is 72.0 Å². The van der Waals surface area contributed by atoms with Gasteiger partial charge in [-0.1, -0.05) is 17.7 Å². The fourth-order valence-electron chi connectivity index (χ4n) is 0.874. The highest BCUT2D eigenvalue weighted by molar-refractivity contribution is 8.25. The van der Waals surface area contributed by atoms with E-state index >= 15 is 0 Å². The molecule has 0 saturated carbocycles. The highest BCUT2D eigenvalue weighted by Gasteiger charge is 2.15. The molecule has 1 aliphatic carbocycles. The lowest BCUT2D eigenvalue weighted by atomic mass is 10.2. The number of hydrogen-bond donors (Lipinski definition) is 3. The first-order valence-corrected chi connectivity index (χ1v) is 5.11. The van der Waals surface area contributed by atoms with Crippen LogP contribution >= 0.6 is 22.4 Å². The maximum Gasteiger partial charge on any atom is 0.0539 e. The molecule has 0 aromatic carbocycles. The summed E-state index contributed by atoms with van der Waals surface area (Å²) < 4.78 is 18.0. The molecule has 0 saturated heterocycles. The fourth-order valence-corrected chi connectivity index (χ4v) is 1.90. The van der Waals surface area contributed by atoms with Gasteiger partial charge in [-0.2, -0.15) is 0 Å². The number of nitrogens with two attached hydrogens (primary N) is 1. The van der Waals surface area contributed by atoms with E-state index in [9.17, 15) is 0 Å². The third kappa shape index (κ3) is 2.50. The van der Waals surface area contributed by atoms with Crippen molar-refractivity contribution in [1.82, 2.24) is 0 Å². The molecule has 0 radical (unpaired) electrons. The van der Waals surface area contributed by atoms with E-state index in [0.717, 1.165) is 6.42 Å². The molecule has 1 aliphatic rings. The molecular weight excluding hydrogens is 186 g/mol. The van der Waals surface area contributed by atoms with Crippen LogP contribution in [0.2, 0.25) is 0 Å². The zero-order valence-corrected chi connectivity index (χ0v) is 7.40. The summed E-state index contributed by atoms with van der Waals surface area (Å²) in [6, 6.07) is 0. The van der Waals surface area contributed by atoms with E-state index < -0.39 is 10.8 Å². The predicted octanol–water partition coefficient (Wildman–Crippen LogP) is 2.41. The van der Waals surface area contributed by atoms with Gasteiger partial charge >= 0.3 is 0 Å². The first-order valence-electron chi connectivity index (χ1n) is 3.12. The van der Waals surface area contributed by atoms with Crippen molar-refractivity contribution in [2.75, 3.05) is 0 Å². The van der Waals surface area contributed by atoms with E-state index in [1.165, 1.54) is 6.08 Å². The van der Waals surface area contributed by atoms with Gasteiger partial charge in [0.15, 0.2) is 0 Å². The lowest BCUT2D eigenvalue weighted by Gasteiger charge is -2.30. The SMILES string of the molecule is NS(O)(O)C1=CC(Cl)=CCC1. The van der Waals surface area contributed by atoms with Crippen molar-refractivity contribution < 1.29 is 9.11 Å². The van der Waals surface area contributed by atoms with Crippen LogP contribution < -0.4 is 5.14 Å². The molecule has 0 spiro atoms. The summed E-state index contributed by atoms with van der Waals surface area (Å²) in [5, 5.41) is 5.64. The molecule has 11 heavy (non-hydrogen) atoms. The zero-order valence-electron chi connectivity index (χ0n) is 5.83. The van der Waals surface area contributed by atoms with Gasteiger partial charge in [-0.3, -0.25) is 9.11 Å². The standard InChI is InChI=1S/C6H10ClNO2S/c7-5-2-1-3-6(4-5)11(8,9)10/h2,4,9-10H,1,3,8H2. The molecule has 0 bridgehead atoms. The normalized spacial score (nSPS) is 20.7. The third-order valence-corrected chi connectivity index (χ3v) is 2.77. The van der Waals surface area contributed by atoms with Gasteiger partial charge in [-0.15, -0.1) is 10.8 Å². The summed E-state index contributed by atoms with van der Waals surface area (Å²) in [5.74, 6) is 0. The van der Waals surface area contributed by atoms with E-state index in [1.54, 1.807) is 0 Å². The Morgan fingerprint density at radius 1 is 1.55 bits per heavy atom. The molecule has 0 unspecified atom stereocenters. The van der Waals surface area contributed by atoms with E-state index in [2.05, 4.69) is 0 Å². The summed E-state index contributed by atoms with van der Waals surface area (Å²) in [6.45, 7) is 0. The van der Waals surface area contributed by atoms with Crippen LogP contribution in [-0.2, 0) is 0 Å². The second kappa shape index (κ2) is 3.16. The molecule has 3 nitrogen and oxygen atoms in total. The Hall–Kier alpha value is -0.0000000000000000278. The number of rotatable bonds is 1. The molecule has 0 aliphatic heterocycles. The van der Waals surface area contributed by atoms with E-state index in [1.807, 2.05) is 6.08 Å². The Morgan fingerprint density at radius 3 is 2.55 bits per heavy atom. The van der Waals surface area contributed by atoms with Gasteiger partial charge in [0.05, 0.1) is 4.91 Å². The van der Waals surface area contributed by atoms with Crippen molar-refractivity contribution in [2.24, 2.45) is 5.14 Å². The molecule has 5 heteroatoms. The average Bonchev–Trinajstić information content (AvgIpc) is 1.86. The topological polar surface area (TPSA) is 66.5 Å². The Bertz CT molecular complexity index is 219. The fraction of sp³-hybridized carbons (Fsp3) is 0.333. The molecule has 0 aromatic rings. The molecule has 0 aromatic heterocycles. The highest BCUT2D eigenvalue weighted by Crippen LogP contribution is 2.44. The molecule has 1 rings (SSSR count). The highest BCUT2D eigenvalue weighted by atomic mass is 35.5. The summed E-state index contributed by atoms with van der Waals surface area (Å²) in [7, 11) is -3.02. The number of halogens is 1. The molecule has 64 valence electrons. The van der Waals surface area contributed by atoms with Crippen LogP contribution in [0.5, 0.6) is 0 Å². The summed E-state index contributed by atoms with van der Waals surface area (Å²) in [5.41, 5.74) is 0. The smallest absolute Gasteiger partial charge is 0.0539 e. The first kappa shape index (κ1) is 9.09. The van der Waals surface area contributed by atoms with Gasteiger partial charge in [-0.05, 0) is 18.9 Å². The minimum atomic E-state index is -3.02. The largest absolute Gasteiger partial charge is 0.282 e. The predicted molar refractivity (Wildman–Crippen MR) is 48.3 cm³/mol. The Kier molecular flexibility index (Phi) is 2.61. The van der Waals surface area contributed by atoms with Crippen molar-refractivity contribution in [3.05, 3.63) is 22.1 Å². The van der Waals surface area contributed by atoms with Crippen molar-refractivity contribution in [1.29, 1.82) is 0 Å². The number of hydrogen-bond acceptors (Lipinski definition) is 3. The van der Waals surface area contributed by atoms with Gasteiger partial charge in [0.2, 0.25) is 0 Å². The van der Waals surface area contributed by atoms with Crippen LogP contribution in [-0.4, -0.2) is 9.11 Å². The molecule has 4 N–H and O–H groups in total. The Morgan fingerprint density at radius 2 is 2.18 bits per heavy atom. The van der Waals surface area contributed by atoms with Crippen molar-refractivity contribution >= 4 is 22.4 Å². The monoisotopic (exact) mass is 195 g/mol. The van der Waals surface area contributed by atoms with Crippen LogP contribution in [0.3, 0.4) is 0 Å². The lowest BCUT2D eigenvalue weighted by Crippen LogP contribution is -2.11. The second-order valence-corrected chi connectivity index (χ2v) is 4.48. The molecule has 0 amide bonds. The van der Waals surface area contributed by atoms with Gasteiger partial charge in [0, 0.05) is 5.03 Å². The first-order chi connectivity index (χ1) is 5.00. The second-order valence-electron chi connectivity index (χ2n) is 2.33. The summed E-state index contributed by atoms with van der Waals surface area (Å²) >= 11 is 5.64. The van der Waals surface area contributed by atoms with Crippen molar-refractivity contribution in [3.63, 3.8) is 0 Å². The molecule has 0 fully saturated rings. The zero-order chi connectivity index (χ0) is 8.48. The van der Waals surface area contributed by atoms with Crippen LogP contribution in [0.1, 0.15) is 12.8 Å². The summed E-state index contributed by atoms with van der Waals surface area (Å²) in [6.07, 6.45) is 4.63. The van der Waals surface area contributed by atoms with E-state index in [0.29, 0.717) is 16.4 Å².